The van der Waals surface area contributed by atoms with Gasteiger partial charge in [-0.2, -0.15) is 0 Å². The molecular formula is C15H18ClNO3. The molecule has 1 aromatic rings. The Bertz CT molecular complexity index is 516. The number of fused-ring (bicyclic) bond motifs is 1. The minimum atomic E-state index is -0.806. The fourth-order valence-corrected chi connectivity index (χ4v) is 2.77. The largest absolute Gasteiger partial charge is 0.481 e. The zero-order chi connectivity index (χ0) is 14.5. The second-order valence-corrected chi connectivity index (χ2v) is 5.45. The third kappa shape index (κ3) is 3.73. The van der Waals surface area contributed by atoms with E-state index in [9.17, 15) is 9.59 Å². The maximum Gasteiger partial charge on any atom is 0.303 e. The molecule has 4 nitrogen and oxygen atoms in total. The summed E-state index contributed by atoms with van der Waals surface area (Å²) in [7, 11) is 0. The van der Waals surface area contributed by atoms with Crippen LogP contribution >= 0.6 is 11.6 Å². The number of carboxylic acid groups (broad SMARTS) is 1. The number of carboxylic acids is 1. The number of rotatable bonds is 5. The Hall–Kier alpha value is -1.55. The Morgan fingerprint density at radius 2 is 2.00 bits per heavy atom. The average molecular weight is 296 g/mol. The lowest BCUT2D eigenvalue weighted by atomic mass is 9.99. The standard InChI is InChI=1S/C15H18ClNO3/c16-13-5-3-4-11-10-17(9-8-12(11)13)14(18)6-1-2-7-15(19)20/h3-5H,1-2,6-10H2,(H,19,20). The van der Waals surface area contributed by atoms with Crippen molar-refractivity contribution >= 4 is 23.5 Å². The van der Waals surface area contributed by atoms with Crippen LogP contribution in [0.15, 0.2) is 18.2 Å². The Kier molecular flexibility index (Phi) is 5.01. The molecule has 0 saturated carbocycles. The van der Waals surface area contributed by atoms with Gasteiger partial charge in [-0.25, -0.2) is 0 Å². The summed E-state index contributed by atoms with van der Waals surface area (Å²) in [6.07, 6.45) is 2.52. The minimum absolute atomic E-state index is 0.0982. The molecule has 20 heavy (non-hydrogen) atoms. The Labute approximate surface area is 123 Å². The molecule has 1 aromatic carbocycles. The van der Waals surface area contributed by atoms with Gasteiger partial charge >= 0.3 is 5.97 Å². The lowest BCUT2D eigenvalue weighted by Crippen LogP contribution is -2.35. The van der Waals surface area contributed by atoms with Gasteiger partial charge in [0.15, 0.2) is 0 Å². The number of hydrogen-bond acceptors (Lipinski definition) is 2. The van der Waals surface area contributed by atoms with Gasteiger partial charge in [-0.1, -0.05) is 23.7 Å². The van der Waals surface area contributed by atoms with Crippen molar-refractivity contribution in [2.75, 3.05) is 6.54 Å². The first-order valence-corrected chi connectivity index (χ1v) is 7.21. The summed E-state index contributed by atoms with van der Waals surface area (Å²) in [6, 6.07) is 5.79. The van der Waals surface area contributed by atoms with Gasteiger partial charge in [-0.3, -0.25) is 9.59 Å². The monoisotopic (exact) mass is 295 g/mol. The van der Waals surface area contributed by atoms with Gasteiger partial charge in [0.25, 0.3) is 0 Å². The molecule has 0 aromatic heterocycles. The van der Waals surface area contributed by atoms with Crippen LogP contribution in [0, 0.1) is 0 Å². The van der Waals surface area contributed by atoms with Gasteiger partial charge in [0.05, 0.1) is 0 Å². The summed E-state index contributed by atoms with van der Waals surface area (Å²) < 4.78 is 0. The van der Waals surface area contributed by atoms with Crippen LogP contribution in [0.4, 0.5) is 0 Å². The summed E-state index contributed by atoms with van der Waals surface area (Å²) in [4.78, 5) is 24.3. The molecule has 0 atom stereocenters. The van der Waals surface area contributed by atoms with Crippen molar-refractivity contribution in [2.24, 2.45) is 0 Å². The summed E-state index contributed by atoms with van der Waals surface area (Å²) in [5.41, 5.74) is 2.26. The SMILES string of the molecule is O=C(O)CCCCC(=O)N1CCc2c(Cl)cccc2C1. The number of amides is 1. The Morgan fingerprint density at radius 1 is 1.25 bits per heavy atom. The van der Waals surface area contributed by atoms with E-state index in [1.165, 1.54) is 0 Å². The summed E-state index contributed by atoms with van der Waals surface area (Å²) in [6.45, 7) is 1.29. The minimum Gasteiger partial charge on any atom is -0.481 e. The van der Waals surface area contributed by atoms with E-state index in [1.54, 1.807) is 0 Å². The van der Waals surface area contributed by atoms with Crippen molar-refractivity contribution in [1.29, 1.82) is 0 Å². The molecule has 0 saturated heterocycles. The van der Waals surface area contributed by atoms with Crippen molar-refractivity contribution in [1.82, 2.24) is 4.90 Å². The number of carbonyl (C=O) groups excluding carboxylic acids is 1. The quantitative estimate of drug-likeness (QED) is 0.850. The molecule has 2 rings (SSSR count). The van der Waals surface area contributed by atoms with Crippen LogP contribution in [0.1, 0.15) is 36.8 Å². The second-order valence-electron chi connectivity index (χ2n) is 5.04. The number of carbonyl (C=O) groups is 2. The molecule has 108 valence electrons. The van der Waals surface area contributed by atoms with Gasteiger partial charge in [0, 0.05) is 31.0 Å². The summed E-state index contributed by atoms with van der Waals surface area (Å²) in [5.74, 6) is -0.708. The summed E-state index contributed by atoms with van der Waals surface area (Å²) in [5, 5.41) is 9.33. The van der Waals surface area contributed by atoms with Crippen LogP contribution in [0.5, 0.6) is 0 Å². The number of unbranched alkanes of at least 4 members (excludes halogenated alkanes) is 1. The molecule has 1 N–H and O–H groups in total. The number of hydrogen-bond donors (Lipinski definition) is 1. The topological polar surface area (TPSA) is 57.6 Å². The summed E-state index contributed by atoms with van der Waals surface area (Å²) >= 11 is 6.14. The molecule has 0 bridgehead atoms. The van der Waals surface area contributed by atoms with Crippen molar-refractivity contribution in [2.45, 2.75) is 38.6 Å². The fourth-order valence-electron chi connectivity index (χ4n) is 2.49. The third-order valence-corrected chi connectivity index (χ3v) is 3.95. The predicted octanol–water partition coefficient (Wildman–Crippen LogP) is 2.87. The number of halogens is 1. The predicted molar refractivity (Wildman–Crippen MR) is 76.7 cm³/mol. The zero-order valence-electron chi connectivity index (χ0n) is 11.3. The molecular weight excluding hydrogens is 278 g/mol. The molecule has 0 unspecified atom stereocenters. The Morgan fingerprint density at radius 3 is 2.75 bits per heavy atom. The number of benzene rings is 1. The van der Waals surface area contributed by atoms with E-state index in [1.807, 2.05) is 23.1 Å². The highest BCUT2D eigenvalue weighted by atomic mass is 35.5. The highest BCUT2D eigenvalue weighted by Crippen LogP contribution is 2.26. The lowest BCUT2D eigenvalue weighted by Gasteiger charge is -2.29. The second kappa shape index (κ2) is 6.75. The van der Waals surface area contributed by atoms with Gasteiger partial charge in [-0.15, -0.1) is 0 Å². The van der Waals surface area contributed by atoms with E-state index in [0.29, 0.717) is 32.4 Å². The van der Waals surface area contributed by atoms with Gasteiger partial charge in [0.1, 0.15) is 0 Å². The number of nitrogens with zero attached hydrogens (tertiary/aromatic N) is 1. The van der Waals surface area contributed by atoms with E-state index in [2.05, 4.69) is 0 Å². The molecule has 1 aliphatic rings. The lowest BCUT2D eigenvalue weighted by molar-refractivity contribution is -0.137. The van der Waals surface area contributed by atoms with Gasteiger partial charge in [-0.05, 0) is 36.5 Å². The molecule has 1 heterocycles. The van der Waals surface area contributed by atoms with E-state index < -0.39 is 5.97 Å². The molecule has 1 aliphatic heterocycles. The molecule has 5 heteroatoms. The Balaban J connectivity index is 1.86. The third-order valence-electron chi connectivity index (χ3n) is 3.59. The smallest absolute Gasteiger partial charge is 0.303 e. The maximum atomic E-state index is 12.1. The van der Waals surface area contributed by atoms with Crippen LogP contribution in [-0.4, -0.2) is 28.4 Å². The normalized spacial score (nSPS) is 13.9. The van der Waals surface area contributed by atoms with Crippen molar-refractivity contribution < 1.29 is 14.7 Å². The first kappa shape index (κ1) is 14.9. The van der Waals surface area contributed by atoms with Crippen molar-refractivity contribution in [3.8, 4) is 0 Å². The zero-order valence-corrected chi connectivity index (χ0v) is 12.0. The van der Waals surface area contributed by atoms with Crippen LogP contribution in [-0.2, 0) is 22.6 Å². The number of aliphatic carboxylic acids is 1. The molecule has 0 spiro atoms. The van der Waals surface area contributed by atoms with Gasteiger partial charge in [0.2, 0.25) is 5.91 Å². The van der Waals surface area contributed by atoms with Crippen LogP contribution < -0.4 is 0 Å². The van der Waals surface area contributed by atoms with E-state index >= 15 is 0 Å². The van der Waals surface area contributed by atoms with E-state index in [-0.39, 0.29) is 12.3 Å². The van der Waals surface area contributed by atoms with Crippen molar-refractivity contribution in [3.05, 3.63) is 34.3 Å². The average Bonchev–Trinajstić information content (AvgIpc) is 2.43. The highest BCUT2D eigenvalue weighted by Gasteiger charge is 2.21. The van der Waals surface area contributed by atoms with E-state index in [0.717, 1.165) is 22.6 Å². The molecule has 0 aliphatic carbocycles. The molecule has 0 radical (unpaired) electrons. The highest BCUT2D eigenvalue weighted by molar-refractivity contribution is 6.31. The van der Waals surface area contributed by atoms with Crippen LogP contribution in [0.2, 0.25) is 5.02 Å². The van der Waals surface area contributed by atoms with Crippen molar-refractivity contribution in [3.63, 3.8) is 0 Å². The maximum absolute atomic E-state index is 12.1. The van der Waals surface area contributed by atoms with Gasteiger partial charge < -0.3 is 10.0 Å². The van der Waals surface area contributed by atoms with Crippen LogP contribution in [0.3, 0.4) is 0 Å². The molecule has 0 fully saturated rings. The fraction of sp³-hybridized carbons (Fsp3) is 0.467. The molecule has 1 amide bonds. The van der Waals surface area contributed by atoms with E-state index in [4.69, 9.17) is 16.7 Å². The first-order valence-electron chi connectivity index (χ1n) is 6.84. The first-order chi connectivity index (χ1) is 9.58. The van der Waals surface area contributed by atoms with Crippen LogP contribution in [0.25, 0.3) is 0 Å².